The Morgan fingerprint density at radius 2 is 1.94 bits per heavy atom. The van der Waals surface area contributed by atoms with Crippen LogP contribution >= 0.6 is 0 Å². The van der Waals surface area contributed by atoms with Crippen LogP contribution < -0.4 is 5.32 Å². The second-order valence-corrected chi connectivity index (χ2v) is 5.77. The number of ether oxygens (including phenoxy) is 1. The van der Waals surface area contributed by atoms with Crippen molar-refractivity contribution in [1.29, 1.82) is 0 Å². The summed E-state index contributed by atoms with van der Waals surface area (Å²) < 4.78 is 5.14. The first-order valence-corrected chi connectivity index (χ1v) is 6.96. The normalized spacial score (nSPS) is 18.6. The minimum absolute atomic E-state index is 0.364. The monoisotopic (exact) mass is 247 g/mol. The summed E-state index contributed by atoms with van der Waals surface area (Å²) in [7, 11) is 1.77. The van der Waals surface area contributed by atoms with E-state index in [1.807, 2.05) is 0 Å². The molecule has 18 heavy (non-hydrogen) atoms. The lowest BCUT2D eigenvalue weighted by Gasteiger charge is -2.23. The van der Waals surface area contributed by atoms with Gasteiger partial charge < -0.3 is 10.1 Å². The van der Waals surface area contributed by atoms with E-state index in [2.05, 4.69) is 43.4 Å². The van der Waals surface area contributed by atoms with Gasteiger partial charge in [0.25, 0.3) is 0 Å². The zero-order valence-electron chi connectivity index (χ0n) is 11.8. The summed E-state index contributed by atoms with van der Waals surface area (Å²) >= 11 is 0. The van der Waals surface area contributed by atoms with Crippen LogP contribution in [0.15, 0.2) is 24.3 Å². The van der Waals surface area contributed by atoms with Gasteiger partial charge in [0, 0.05) is 25.3 Å². The van der Waals surface area contributed by atoms with Crippen LogP contribution in [-0.2, 0) is 11.2 Å². The summed E-state index contributed by atoms with van der Waals surface area (Å²) in [6.07, 6.45) is 4.85. The Morgan fingerprint density at radius 1 is 1.28 bits per heavy atom. The number of methoxy groups -OCH3 is 1. The molecule has 0 radical (unpaired) electrons. The van der Waals surface area contributed by atoms with Crippen molar-refractivity contribution < 1.29 is 4.74 Å². The van der Waals surface area contributed by atoms with Gasteiger partial charge in [0.15, 0.2) is 0 Å². The van der Waals surface area contributed by atoms with E-state index in [0.29, 0.717) is 11.6 Å². The largest absolute Gasteiger partial charge is 0.385 e. The Labute approximate surface area is 111 Å². The molecule has 0 spiro atoms. The highest BCUT2D eigenvalue weighted by molar-refractivity contribution is 5.25. The molecule has 0 aliphatic heterocycles. The molecule has 0 heterocycles. The van der Waals surface area contributed by atoms with Crippen LogP contribution in [0.5, 0.6) is 0 Å². The zero-order chi connectivity index (χ0) is 13.0. The van der Waals surface area contributed by atoms with Gasteiger partial charge in [-0.3, -0.25) is 0 Å². The van der Waals surface area contributed by atoms with Crippen molar-refractivity contribution in [3.8, 4) is 0 Å². The van der Waals surface area contributed by atoms with Crippen LogP contribution in [0, 0.1) is 6.92 Å². The van der Waals surface area contributed by atoms with Crippen molar-refractivity contribution in [2.45, 2.75) is 51.1 Å². The number of benzene rings is 1. The molecular formula is C16H25NO. The van der Waals surface area contributed by atoms with Crippen LogP contribution in [-0.4, -0.2) is 25.3 Å². The molecular weight excluding hydrogens is 222 g/mol. The molecule has 1 saturated carbocycles. The summed E-state index contributed by atoms with van der Waals surface area (Å²) in [5.74, 6) is 0. The van der Waals surface area contributed by atoms with Crippen molar-refractivity contribution in [1.82, 2.24) is 5.32 Å². The summed E-state index contributed by atoms with van der Waals surface area (Å²) in [5, 5.41) is 3.79. The molecule has 2 rings (SSSR count). The maximum Gasteiger partial charge on any atom is 0.0476 e. The van der Waals surface area contributed by atoms with E-state index in [9.17, 15) is 0 Å². The number of rotatable bonds is 7. The van der Waals surface area contributed by atoms with E-state index in [-0.39, 0.29) is 0 Å². The quantitative estimate of drug-likeness (QED) is 0.799. The van der Waals surface area contributed by atoms with E-state index in [0.717, 1.165) is 19.4 Å². The first kappa shape index (κ1) is 13.6. The number of hydrogen-bond acceptors (Lipinski definition) is 2. The molecule has 1 aliphatic carbocycles. The molecule has 0 aromatic heterocycles. The van der Waals surface area contributed by atoms with Crippen LogP contribution in [0.4, 0.5) is 0 Å². The average Bonchev–Trinajstić information content (AvgIpc) is 3.09. The van der Waals surface area contributed by atoms with Crippen LogP contribution in [0.3, 0.4) is 0 Å². The number of nitrogens with one attached hydrogen (secondary N) is 1. The average molecular weight is 247 g/mol. The standard InChI is InChI=1S/C16H25NO/c1-13-4-6-15(7-5-13)12-16(9-10-16)17-14(2)8-11-18-3/h4-7,14,17H,8-12H2,1-3H3. The fraction of sp³-hybridized carbons (Fsp3) is 0.625. The summed E-state index contributed by atoms with van der Waals surface area (Å²) in [6.45, 7) is 5.24. The third-order valence-corrected chi connectivity index (χ3v) is 3.82. The van der Waals surface area contributed by atoms with Crippen molar-refractivity contribution in [2.24, 2.45) is 0 Å². The van der Waals surface area contributed by atoms with Gasteiger partial charge in [-0.15, -0.1) is 0 Å². The van der Waals surface area contributed by atoms with E-state index in [4.69, 9.17) is 4.74 Å². The maximum atomic E-state index is 5.14. The molecule has 0 bridgehead atoms. The van der Waals surface area contributed by atoms with Crippen LogP contribution in [0.25, 0.3) is 0 Å². The Morgan fingerprint density at radius 3 is 2.50 bits per heavy atom. The van der Waals surface area contributed by atoms with Crippen molar-refractivity contribution in [2.75, 3.05) is 13.7 Å². The Kier molecular flexibility index (Phi) is 4.41. The number of hydrogen-bond donors (Lipinski definition) is 1. The number of aryl methyl sites for hydroxylation is 1. The molecule has 1 aromatic rings. The molecule has 0 saturated heterocycles. The van der Waals surface area contributed by atoms with Gasteiger partial charge in [0.05, 0.1) is 0 Å². The zero-order valence-corrected chi connectivity index (χ0v) is 11.8. The van der Waals surface area contributed by atoms with Gasteiger partial charge in [-0.25, -0.2) is 0 Å². The van der Waals surface area contributed by atoms with E-state index in [1.165, 1.54) is 24.0 Å². The smallest absolute Gasteiger partial charge is 0.0476 e. The minimum Gasteiger partial charge on any atom is -0.385 e. The summed E-state index contributed by atoms with van der Waals surface area (Å²) in [4.78, 5) is 0. The molecule has 1 aromatic carbocycles. The predicted octanol–water partition coefficient (Wildman–Crippen LogP) is 3.08. The van der Waals surface area contributed by atoms with Crippen LogP contribution in [0.1, 0.15) is 37.3 Å². The Hall–Kier alpha value is -0.860. The van der Waals surface area contributed by atoms with Gasteiger partial charge in [-0.1, -0.05) is 29.8 Å². The topological polar surface area (TPSA) is 21.3 Å². The highest BCUT2D eigenvalue weighted by Crippen LogP contribution is 2.39. The van der Waals surface area contributed by atoms with Crippen molar-refractivity contribution in [3.05, 3.63) is 35.4 Å². The van der Waals surface area contributed by atoms with Gasteiger partial charge in [0.1, 0.15) is 0 Å². The molecule has 2 heteroatoms. The predicted molar refractivity (Wildman–Crippen MR) is 75.9 cm³/mol. The Balaban J connectivity index is 1.86. The molecule has 1 aliphatic rings. The highest BCUT2D eigenvalue weighted by atomic mass is 16.5. The van der Waals surface area contributed by atoms with Gasteiger partial charge >= 0.3 is 0 Å². The third-order valence-electron chi connectivity index (χ3n) is 3.82. The van der Waals surface area contributed by atoms with E-state index < -0.39 is 0 Å². The lowest BCUT2D eigenvalue weighted by Crippen LogP contribution is -2.40. The molecule has 1 unspecified atom stereocenters. The first-order chi connectivity index (χ1) is 8.63. The van der Waals surface area contributed by atoms with Crippen LogP contribution in [0.2, 0.25) is 0 Å². The molecule has 1 N–H and O–H groups in total. The lowest BCUT2D eigenvalue weighted by molar-refractivity contribution is 0.181. The molecule has 1 atom stereocenters. The van der Waals surface area contributed by atoms with Gasteiger partial charge in [-0.2, -0.15) is 0 Å². The first-order valence-electron chi connectivity index (χ1n) is 6.96. The molecule has 100 valence electrons. The Bertz CT molecular complexity index is 367. The fourth-order valence-corrected chi connectivity index (χ4v) is 2.51. The second kappa shape index (κ2) is 5.85. The van der Waals surface area contributed by atoms with Gasteiger partial charge in [-0.05, 0) is 45.1 Å². The van der Waals surface area contributed by atoms with Crippen molar-refractivity contribution >= 4 is 0 Å². The summed E-state index contributed by atoms with van der Waals surface area (Å²) in [5.41, 5.74) is 3.15. The SMILES string of the molecule is COCCC(C)NC1(Cc2ccc(C)cc2)CC1. The van der Waals surface area contributed by atoms with E-state index in [1.54, 1.807) is 7.11 Å². The summed E-state index contributed by atoms with van der Waals surface area (Å²) in [6, 6.07) is 9.48. The second-order valence-electron chi connectivity index (χ2n) is 5.77. The maximum absolute atomic E-state index is 5.14. The fourth-order valence-electron chi connectivity index (χ4n) is 2.51. The minimum atomic E-state index is 0.364. The van der Waals surface area contributed by atoms with E-state index >= 15 is 0 Å². The lowest BCUT2D eigenvalue weighted by atomic mass is 10.0. The molecule has 0 amide bonds. The molecule has 1 fully saturated rings. The molecule has 2 nitrogen and oxygen atoms in total. The highest BCUT2D eigenvalue weighted by Gasteiger charge is 2.42. The van der Waals surface area contributed by atoms with Gasteiger partial charge in [0.2, 0.25) is 0 Å². The third kappa shape index (κ3) is 3.82. The van der Waals surface area contributed by atoms with Crippen molar-refractivity contribution in [3.63, 3.8) is 0 Å².